The first-order valence-corrected chi connectivity index (χ1v) is 29.8. The molecule has 0 amide bonds. The molecule has 0 aliphatic carbocycles. The van der Waals surface area contributed by atoms with Gasteiger partial charge >= 0.3 is 0 Å². The van der Waals surface area contributed by atoms with Gasteiger partial charge in [-0.2, -0.15) is 0 Å². The Morgan fingerprint density at radius 1 is 0.193 bits per heavy atom. The van der Waals surface area contributed by atoms with Gasteiger partial charge in [0.2, 0.25) is 0 Å². The summed E-state index contributed by atoms with van der Waals surface area (Å²) in [6, 6.07) is 99.6. The third-order valence-electron chi connectivity index (χ3n) is 17.9. The van der Waals surface area contributed by atoms with Crippen molar-refractivity contribution in [3.8, 4) is 101 Å². The number of hydrogen-bond acceptors (Lipinski definition) is 6. The van der Waals surface area contributed by atoms with Crippen LogP contribution in [-0.4, -0.2) is 29.9 Å². The highest BCUT2D eigenvalue weighted by molar-refractivity contribution is 6.26. The Morgan fingerprint density at radius 3 is 0.864 bits per heavy atom. The van der Waals surface area contributed by atoms with Gasteiger partial charge in [0.25, 0.3) is 0 Å². The summed E-state index contributed by atoms with van der Waals surface area (Å²) in [5.41, 5.74) is 15.5. The molecule has 0 spiro atoms. The maximum Gasteiger partial charge on any atom is 0.161 e. The minimum Gasteiger partial charge on any atom is -0.256 e. The van der Waals surface area contributed by atoms with Gasteiger partial charge in [0.05, 0.1) is 34.2 Å². The van der Waals surface area contributed by atoms with Crippen molar-refractivity contribution < 1.29 is 0 Å². The van der Waals surface area contributed by atoms with E-state index in [0.29, 0.717) is 11.6 Å². The minimum atomic E-state index is 0.676. The molecule has 18 aromatic rings. The molecular weight excluding hydrogens is 1070 g/mol. The molecule has 0 N–H and O–H groups in total. The highest BCUT2D eigenvalue weighted by atomic mass is 14.9. The van der Waals surface area contributed by atoms with Gasteiger partial charge in [0.1, 0.15) is 0 Å². The number of nitrogens with zero attached hydrogens (tertiary/aromatic N) is 6. The van der Waals surface area contributed by atoms with E-state index in [1.807, 2.05) is 12.4 Å². The SMILES string of the molecule is c1ccc2c(-c3ccc(-c4cc(-c5ccc(-c6ccc(-c7cc(-c8ccc(-c9nccc%10ccccc9%10)cc8)nc(-c8ccc9ccc%10cccc%11ccc8c9c%10%11)n7)cc6)cc5)nc(-c5ccc6ccc7cccc8ccc5c6c78)n4)cc3)nccc2c1. The quantitative estimate of drug-likeness (QED) is 0.134. The van der Waals surface area contributed by atoms with Crippen LogP contribution in [0, 0.1) is 0 Å². The van der Waals surface area contributed by atoms with Crippen molar-refractivity contribution in [3.63, 3.8) is 0 Å². The van der Waals surface area contributed by atoms with E-state index >= 15 is 0 Å². The van der Waals surface area contributed by atoms with Gasteiger partial charge < -0.3 is 0 Å². The third-order valence-corrected chi connectivity index (χ3v) is 17.9. The predicted molar refractivity (Wildman–Crippen MR) is 365 cm³/mol. The molecule has 88 heavy (non-hydrogen) atoms. The highest BCUT2D eigenvalue weighted by Crippen LogP contribution is 2.43. The predicted octanol–water partition coefficient (Wildman–Crippen LogP) is 21.2. The van der Waals surface area contributed by atoms with Gasteiger partial charge in [0.15, 0.2) is 11.6 Å². The van der Waals surface area contributed by atoms with E-state index in [-0.39, 0.29) is 0 Å². The van der Waals surface area contributed by atoms with Gasteiger partial charge in [-0.05, 0) is 123 Å². The van der Waals surface area contributed by atoms with Crippen LogP contribution in [0.3, 0.4) is 0 Å². The molecule has 406 valence electrons. The molecule has 18 rings (SSSR count). The Morgan fingerprint density at radius 2 is 0.489 bits per heavy atom. The zero-order valence-electron chi connectivity index (χ0n) is 47.4. The first kappa shape index (κ1) is 49.6. The molecule has 4 heterocycles. The van der Waals surface area contributed by atoms with Crippen LogP contribution in [-0.2, 0) is 0 Å². The van der Waals surface area contributed by atoms with Crippen molar-refractivity contribution in [1.29, 1.82) is 0 Å². The van der Waals surface area contributed by atoms with Gasteiger partial charge in [-0.3, -0.25) is 9.97 Å². The number of pyridine rings is 2. The smallest absolute Gasteiger partial charge is 0.161 e. The first-order valence-electron chi connectivity index (χ1n) is 29.8. The molecule has 0 saturated carbocycles. The zero-order chi connectivity index (χ0) is 57.8. The Kier molecular flexibility index (Phi) is 11.2. The number of benzene rings is 14. The number of hydrogen-bond donors (Lipinski definition) is 0. The van der Waals surface area contributed by atoms with E-state index in [4.69, 9.17) is 29.9 Å². The summed E-state index contributed by atoms with van der Waals surface area (Å²) in [5.74, 6) is 1.35. The molecule has 0 aliphatic heterocycles. The van der Waals surface area contributed by atoms with Crippen LogP contribution in [0.25, 0.3) is 188 Å². The molecule has 0 aliphatic rings. The Bertz CT molecular complexity index is 5380. The van der Waals surface area contributed by atoms with Crippen LogP contribution in [0.5, 0.6) is 0 Å². The fourth-order valence-electron chi connectivity index (χ4n) is 13.6. The molecule has 14 aromatic carbocycles. The lowest BCUT2D eigenvalue weighted by molar-refractivity contribution is 1.19. The van der Waals surface area contributed by atoms with Gasteiger partial charge in [-0.1, -0.05) is 243 Å². The Labute approximate surface area is 506 Å². The summed E-state index contributed by atoms with van der Waals surface area (Å²) in [5, 5.41) is 19.1. The lowest BCUT2D eigenvalue weighted by Crippen LogP contribution is -1.97. The van der Waals surface area contributed by atoms with E-state index in [2.05, 4.69) is 279 Å². The van der Waals surface area contributed by atoms with Crippen LogP contribution in [0.1, 0.15) is 0 Å². The fraction of sp³-hybridized carbons (Fsp3) is 0. The van der Waals surface area contributed by atoms with Crippen molar-refractivity contribution in [1.82, 2.24) is 29.9 Å². The minimum absolute atomic E-state index is 0.676. The van der Waals surface area contributed by atoms with Gasteiger partial charge in [0, 0.05) is 67.7 Å². The maximum atomic E-state index is 5.42. The second-order valence-corrected chi connectivity index (χ2v) is 22.9. The van der Waals surface area contributed by atoms with Crippen molar-refractivity contribution in [2.24, 2.45) is 0 Å². The van der Waals surface area contributed by atoms with Gasteiger partial charge in [-0.15, -0.1) is 0 Å². The normalized spacial score (nSPS) is 11.9. The molecule has 0 fully saturated rings. The van der Waals surface area contributed by atoms with Crippen molar-refractivity contribution in [2.75, 3.05) is 0 Å². The van der Waals surface area contributed by atoms with Crippen LogP contribution in [0.4, 0.5) is 0 Å². The molecule has 0 radical (unpaired) electrons. The molecule has 6 heteroatoms. The summed E-state index contributed by atoms with van der Waals surface area (Å²) >= 11 is 0. The van der Waals surface area contributed by atoms with E-state index in [0.717, 1.165) is 122 Å². The highest BCUT2D eigenvalue weighted by Gasteiger charge is 2.20. The molecule has 4 aromatic heterocycles. The van der Waals surface area contributed by atoms with Gasteiger partial charge in [-0.25, -0.2) is 19.9 Å². The van der Waals surface area contributed by atoms with Crippen LogP contribution in [0.15, 0.2) is 291 Å². The van der Waals surface area contributed by atoms with Crippen LogP contribution < -0.4 is 0 Å². The first-order chi connectivity index (χ1) is 43.6. The molecular formula is C82H48N6. The zero-order valence-corrected chi connectivity index (χ0v) is 47.4. The third kappa shape index (κ3) is 8.18. The number of aromatic nitrogens is 6. The molecule has 0 unspecified atom stereocenters. The largest absolute Gasteiger partial charge is 0.256 e. The van der Waals surface area contributed by atoms with Crippen LogP contribution >= 0.6 is 0 Å². The van der Waals surface area contributed by atoms with Crippen LogP contribution in [0.2, 0.25) is 0 Å². The molecule has 6 nitrogen and oxygen atoms in total. The molecule has 0 bridgehead atoms. The second-order valence-electron chi connectivity index (χ2n) is 22.9. The maximum absolute atomic E-state index is 5.42. The summed E-state index contributed by atoms with van der Waals surface area (Å²) in [4.78, 5) is 31.3. The summed E-state index contributed by atoms with van der Waals surface area (Å²) in [6.07, 6.45) is 3.77. The molecule has 0 atom stereocenters. The fourth-order valence-corrected chi connectivity index (χ4v) is 13.6. The second kappa shape index (κ2) is 19.9. The summed E-state index contributed by atoms with van der Waals surface area (Å²) in [7, 11) is 0. The van der Waals surface area contributed by atoms with E-state index in [9.17, 15) is 0 Å². The van der Waals surface area contributed by atoms with E-state index < -0.39 is 0 Å². The lowest BCUT2D eigenvalue weighted by Gasteiger charge is -2.15. The Balaban J connectivity index is 0.717. The number of fused-ring (bicyclic) bond motifs is 2. The topological polar surface area (TPSA) is 77.3 Å². The average Bonchev–Trinajstić information content (AvgIpc) is 0.840. The summed E-state index contributed by atoms with van der Waals surface area (Å²) < 4.78 is 0. The average molecular weight is 1120 g/mol. The van der Waals surface area contributed by atoms with Crippen molar-refractivity contribution in [2.45, 2.75) is 0 Å². The number of rotatable bonds is 9. The summed E-state index contributed by atoms with van der Waals surface area (Å²) in [6.45, 7) is 0. The van der Waals surface area contributed by atoms with E-state index in [1.54, 1.807) is 0 Å². The van der Waals surface area contributed by atoms with Crippen molar-refractivity contribution >= 4 is 86.2 Å². The van der Waals surface area contributed by atoms with Crippen molar-refractivity contribution in [3.05, 3.63) is 291 Å². The monoisotopic (exact) mass is 1120 g/mol. The molecule has 0 saturated heterocycles. The van der Waals surface area contributed by atoms with E-state index in [1.165, 1.54) is 53.9 Å². The standard InChI is InChI=1S/C82H48N6/c1-3-13-65-51(7-1)43-45-83-79(65)63-31-23-55(24-32-63)73-47-71(85-81(87-73)69-41-37-61-29-27-57-9-5-11-59-35-39-67(69)77(61)75(57)59)53-19-15-49(16-20-53)50-17-21-54(22-18-50)72-48-74(56-25-33-64(34-26-56)80-66-14-4-2-8-52(66)44-46-84-80)88-82(86-72)70-42-38-62-30-28-58-10-6-12-60-36-40-68(70)78(62)76(58)60/h1-48H. The Hall–Kier alpha value is -11.9. The lowest BCUT2D eigenvalue weighted by atomic mass is 9.91.